The number of aryl methyl sites for hydroxylation is 3. The standard InChI is InChI=1S/C17H26N4O4/c1-12-5-13(2)21(18-12)4-3-16(22)20-7-14-6-19(9-17(23)24)8-15(20)11-25-10-14/h5,14-15H,3-4,6-11H2,1-2H3,(H,23,24)/t14-,15-/m0/s1. The van der Waals surface area contributed by atoms with E-state index in [-0.39, 0.29) is 24.4 Å². The monoisotopic (exact) mass is 350 g/mol. The van der Waals surface area contributed by atoms with Crippen LogP contribution in [-0.2, 0) is 20.9 Å². The van der Waals surface area contributed by atoms with E-state index in [9.17, 15) is 9.59 Å². The van der Waals surface area contributed by atoms with Crippen molar-refractivity contribution in [2.24, 2.45) is 5.92 Å². The third kappa shape index (κ3) is 4.38. The molecule has 2 aliphatic rings. The Morgan fingerprint density at radius 1 is 1.28 bits per heavy atom. The van der Waals surface area contributed by atoms with Crippen molar-refractivity contribution in [2.45, 2.75) is 32.9 Å². The zero-order chi connectivity index (χ0) is 18.0. The minimum Gasteiger partial charge on any atom is -0.480 e. The Balaban J connectivity index is 1.65. The molecule has 8 nitrogen and oxygen atoms in total. The Labute approximate surface area is 147 Å². The van der Waals surface area contributed by atoms with Crippen LogP contribution in [-0.4, -0.2) is 82.0 Å². The number of aromatic nitrogens is 2. The lowest BCUT2D eigenvalue weighted by molar-refractivity contribution is -0.138. The molecule has 2 fully saturated rings. The molecule has 0 aliphatic carbocycles. The average Bonchev–Trinajstić information content (AvgIpc) is 2.68. The lowest BCUT2D eigenvalue weighted by Crippen LogP contribution is -2.47. The van der Waals surface area contributed by atoms with E-state index in [1.54, 1.807) is 0 Å². The van der Waals surface area contributed by atoms with Crippen LogP contribution in [0.15, 0.2) is 6.07 Å². The number of carbonyl (C=O) groups is 2. The number of nitrogens with zero attached hydrogens (tertiary/aromatic N) is 4. The van der Waals surface area contributed by atoms with E-state index in [4.69, 9.17) is 9.84 Å². The fourth-order valence-corrected chi connectivity index (χ4v) is 3.81. The molecular formula is C17H26N4O4. The molecule has 0 radical (unpaired) electrons. The average molecular weight is 350 g/mol. The van der Waals surface area contributed by atoms with Gasteiger partial charge in [-0.05, 0) is 19.9 Å². The van der Waals surface area contributed by atoms with Crippen LogP contribution in [0.2, 0.25) is 0 Å². The van der Waals surface area contributed by atoms with Crippen molar-refractivity contribution in [3.63, 3.8) is 0 Å². The van der Waals surface area contributed by atoms with Gasteiger partial charge in [-0.15, -0.1) is 0 Å². The van der Waals surface area contributed by atoms with Crippen LogP contribution in [0.3, 0.4) is 0 Å². The highest BCUT2D eigenvalue weighted by atomic mass is 16.5. The first-order valence-corrected chi connectivity index (χ1v) is 8.75. The summed E-state index contributed by atoms with van der Waals surface area (Å²) in [6, 6.07) is 1.92. The third-order valence-electron chi connectivity index (χ3n) is 4.86. The number of carbonyl (C=O) groups excluding carboxylic acids is 1. The zero-order valence-corrected chi connectivity index (χ0v) is 14.8. The van der Waals surface area contributed by atoms with Gasteiger partial charge in [0.05, 0.1) is 31.5 Å². The van der Waals surface area contributed by atoms with Crippen molar-refractivity contribution in [1.29, 1.82) is 0 Å². The molecular weight excluding hydrogens is 324 g/mol. The molecule has 25 heavy (non-hydrogen) atoms. The lowest BCUT2D eigenvalue weighted by Gasteiger charge is -2.30. The van der Waals surface area contributed by atoms with Crippen molar-refractivity contribution in [1.82, 2.24) is 19.6 Å². The van der Waals surface area contributed by atoms with E-state index in [2.05, 4.69) is 5.10 Å². The van der Waals surface area contributed by atoms with Gasteiger partial charge in [0, 0.05) is 44.2 Å². The zero-order valence-electron chi connectivity index (χ0n) is 14.8. The SMILES string of the molecule is Cc1cc(C)n(CCC(=O)N2C[C@H]3COC[C@@H]2CN(CC(=O)O)C3)n1. The first-order chi connectivity index (χ1) is 11.9. The van der Waals surface area contributed by atoms with Crippen LogP contribution in [0.5, 0.6) is 0 Å². The van der Waals surface area contributed by atoms with Crippen LogP contribution in [0.25, 0.3) is 0 Å². The lowest BCUT2D eigenvalue weighted by atomic mass is 10.1. The topological polar surface area (TPSA) is 87.9 Å². The predicted octanol–water partition coefficient (Wildman–Crippen LogP) is 0.134. The second-order valence-electron chi connectivity index (χ2n) is 7.09. The first kappa shape index (κ1) is 17.9. The fraction of sp³-hybridized carbons (Fsp3) is 0.706. The summed E-state index contributed by atoms with van der Waals surface area (Å²) in [5, 5.41) is 13.5. The molecule has 3 heterocycles. The Kier molecular flexibility index (Phi) is 5.39. The number of hydrogen-bond acceptors (Lipinski definition) is 5. The molecule has 0 spiro atoms. The number of fused-ring (bicyclic) bond motifs is 3. The number of rotatable bonds is 5. The smallest absolute Gasteiger partial charge is 0.317 e. The van der Waals surface area contributed by atoms with Gasteiger partial charge in [0.2, 0.25) is 5.91 Å². The Hall–Kier alpha value is -1.93. The molecule has 0 aromatic carbocycles. The highest BCUT2D eigenvalue weighted by molar-refractivity contribution is 5.76. The summed E-state index contributed by atoms with van der Waals surface area (Å²) in [5.74, 6) is -0.585. The molecule has 2 aliphatic heterocycles. The van der Waals surface area contributed by atoms with Gasteiger partial charge in [0.25, 0.3) is 0 Å². The van der Waals surface area contributed by atoms with Crippen molar-refractivity contribution in [2.75, 3.05) is 39.4 Å². The number of carboxylic acid groups (broad SMARTS) is 1. The molecule has 0 unspecified atom stereocenters. The second kappa shape index (κ2) is 7.53. The molecule has 2 bridgehead atoms. The quantitative estimate of drug-likeness (QED) is 0.812. The number of amides is 1. The van der Waals surface area contributed by atoms with Gasteiger partial charge in [-0.2, -0.15) is 5.10 Å². The number of hydrogen-bond donors (Lipinski definition) is 1. The number of carboxylic acids is 1. The highest BCUT2D eigenvalue weighted by Crippen LogP contribution is 2.20. The van der Waals surface area contributed by atoms with Gasteiger partial charge < -0.3 is 14.7 Å². The van der Waals surface area contributed by atoms with Crippen LogP contribution in [0.1, 0.15) is 17.8 Å². The van der Waals surface area contributed by atoms with Crippen LogP contribution >= 0.6 is 0 Å². The Morgan fingerprint density at radius 2 is 2.08 bits per heavy atom. The van der Waals surface area contributed by atoms with Gasteiger partial charge in [-0.1, -0.05) is 0 Å². The summed E-state index contributed by atoms with van der Waals surface area (Å²) in [7, 11) is 0. The van der Waals surface area contributed by atoms with E-state index in [0.29, 0.717) is 45.8 Å². The predicted molar refractivity (Wildman–Crippen MR) is 90.2 cm³/mol. The summed E-state index contributed by atoms with van der Waals surface area (Å²) >= 11 is 0. The molecule has 1 amide bonds. The summed E-state index contributed by atoms with van der Waals surface area (Å²) in [4.78, 5) is 27.7. The molecule has 8 heteroatoms. The van der Waals surface area contributed by atoms with Crippen molar-refractivity contribution in [3.8, 4) is 0 Å². The Bertz CT molecular complexity index is 645. The molecule has 138 valence electrons. The van der Waals surface area contributed by atoms with E-state index < -0.39 is 5.97 Å². The minimum atomic E-state index is -0.830. The van der Waals surface area contributed by atoms with Gasteiger partial charge in [-0.25, -0.2) is 0 Å². The van der Waals surface area contributed by atoms with Gasteiger partial charge in [0.15, 0.2) is 0 Å². The van der Waals surface area contributed by atoms with Crippen molar-refractivity contribution >= 4 is 11.9 Å². The molecule has 1 aromatic rings. The summed E-state index contributed by atoms with van der Waals surface area (Å²) in [5.41, 5.74) is 2.00. The van der Waals surface area contributed by atoms with Gasteiger partial charge >= 0.3 is 5.97 Å². The van der Waals surface area contributed by atoms with E-state index >= 15 is 0 Å². The molecule has 1 N–H and O–H groups in total. The van der Waals surface area contributed by atoms with E-state index in [1.165, 1.54) is 0 Å². The molecule has 0 saturated carbocycles. The maximum atomic E-state index is 12.8. The second-order valence-corrected chi connectivity index (χ2v) is 7.09. The third-order valence-corrected chi connectivity index (χ3v) is 4.86. The molecule has 1 aromatic heterocycles. The summed E-state index contributed by atoms with van der Waals surface area (Å²) in [6.07, 6.45) is 0.393. The molecule has 3 rings (SSSR count). The number of ether oxygens (including phenoxy) is 1. The van der Waals surface area contributed by atoms with Crippen LogP contribution < -0.4 is 0 Å². The minimum absolute atomic E-state index is 0.0147. The normalized spacial score (nSPS) is 24.2. The van der Waals surface area contributed by atoms with Gasteiger partial charge in [0.1, 0.15) is 0 Å². The van der Waals surface area contributed by atoms with Crippen LogP contribution in [0.4, 0.5) is 0 Å². The summed E-state index contributed by atoms with van der Waals surface area (Å²) in [6.45, 7) is 7.40. The molecule has 2 atom stereocenters. The van der Waals surface area contributed by atoms with Gasteiger partial charge in [-0.3, -0.25) is 19.2 Å². The Morgan fingerprint density at radius 3 is 2.76 bits per heavy atom. The highest BCUT2D eigenvalue weighted by Gasteiger charge is 2.36. The maximum absolute atomic E-state index is 12.8. The summed E-state index contributed by atoms with van der Waals surface area (Å²) < 4.78 is 7.56. The van der Waals surface area contributed by atoms with E-state index in [1.807, 2.05) is 34.4 Å². The fourth-order valence-electron chi connectivity index (χ4n) is 3.81. The largest absolute Gasteiger partial charge is 0.480 e. The maximum Gasteiger partial charge on any atom is 0.317 e. The van der Waals surface area contributed by atoms with Crippen molar-refractivity contribution in [3.05, 3.63) is 17.5 Å². The van der Waals surface area contributed by atoms with Crippen molar-refractivity contribution < 1.29 is 19.4 Å². The van der Waals surface area contributed by atoms with E-state index in [0.717, 1.165) is 11.4 Å². The number of aliphatic carboxylic acids is 1. The first-order valence-electron chi connectivity index (χ1n) is 8.75. The molecule has 2 saturated heterocycles. The van der Waals surface area contributed by atoms with Crippen LogP contribution in [0, 0.1) is 19.8 Å².